The zero-order valence-electron chi connectivity index (χ0n) is 11.6. The minimum atomic E-state index is 0.159. The molecule has 1 aromatic rings. The second-order valence-corrected chi connectivity index (χ2v) is 6.27. The predicted octanol–water partition coefficient (Wildman–Crippen LogP) is 3.15. The van der Waals surface area contributed by atoms with E-state index >= 15 is 0 Å². The Kier molecular flexibility index (Phi) is 3.63. The van der Waals surface area contributed by atoms with E-state index in [1.807, 2.05) is 12.1 Å². The van der Waals surface area contributed by atoms with Gasteiger partial charge in [-0.25, -0.2) is 0 Å². The van der Waals surface area contributed by atoms with Crippen LogP contribution in [0.4, 0.5) is 0 Å². The zero-order valence-corrected chi connectivity index (χ0v) is 11.6. The van der Waals surface area contributed by atoms with Gasteiger partial charge in [0.15, 0.2) is 0 Å². The lowest BCUT2D eigenvalue weighted by Gasteiger charge is -2.28. The van der Waals surface area contributed by atoms with Crippen LogP contribution in [0.15, 0.2) is 22.8 Å². The third kappa shape index (κ3) is 2.85. The molecule has 0 aromatic carbocycles. The first kappa shape index (κ1) is 12.8. The summed E-state index contributed by atoms with van der Waals surface area (Å²) in [6.45, 7) is 2.18. The monoisotopic (exact) mass is 261 g/mol. The number of carbonyl (C=O) groups excluding carboxylic acids is 1. The van der Waals surface area contributed by atoms with E-state index in [4.69, 9.17) is 4.42 Å². The predicted molar refractivity (Wildman–Crippen MR) is 73.6 cm³/mol. The van der Waals surface area contributed by atoms with Crippen LogP contribution in [0.1, 0.15) is 44.8 Å². The lowest BCUT2D eigenvalue weighted by atomic mass is 9.84. The summed E-state index contributed by atoms with van der Waals surface area (Å²) in [7, 11) is 0. The molecule has 3 heteroatoms. The molecule has 0 radical (unpaired) electrons. The third-order valence-corrected chi connectivity index (χ3v) is 5.00. The highest BCUT2D eigenvalue weighted by Gasteiger charge is 2.41. The van der Waals surface area contributed by atoms with Crippen molar-refractivity contribution in [3.05, 3.63) is 24.2 Å². The van der Waals surface area contributed by atoms with E-state index in [-0.39, 0.29) is 5.91 Å². The van der Waals surface area contributed by atoms with Gasteiger partial charge in [-0.15, -0.1) is 0 Å². The highest BCUT2D eigenvalue weighted by molar-refractivity contribution is 5.76. The van der Waals surface area contributed by atoms with Crippen LogP contribution in [0.2, 0.25) is 0 Å². The number of nitrogens with one attached hydrogen (secondary N) is 1. The van der Waals surface area contributed by atoms with Crippen LogP contribution < -0.4 is 5.32 Å². The molecule has 19 heavy (non-hydrogen) atoms. The number of hydrogen-bond donors (Lipinski definition) is 1. The van der Waals surface area contributed by atoms with Crippen LogP contribution in [0.25, 0.3) is 0 Å². The maximum atomic E-state index is 12.0. The standard InChI is InChI=1S/C16H23NO2/c1-11(15-10-12-4-5-13(15)9-12)17-16(18)7-6-14-3-2-8-19-14/h2-3,8,11-13,15H,4-7,9-10H2,1H3,(H,17,18)/t11-,12+,13+,15-/m1/s1. The van der Waals surface area contributed by atoms with Gasteiger partial charge < -0.3 is 9.73 Å². The van der Waals surface area contributed by atoms with Gasteiger partial charge in [0.2, 0.25) is 5.91 Å². The fourth-order valence-electron chi connectivity index (χ4n) is 4.03. The molecule has 1 N–H and O–H groups in total. The molecule has 2 aliphatic carbocycles. The Morgan fingerprint density at radius 3 is 3.00 bits per heavy atom. The molecule has 2 saturated carbocycles. The van der Waals surface area contributed by atoms with E-state index in [1.54, 1.807) is 6.26 Å². The molecule has 2 aliphatic rings. The number of carbonyl (C=O) groups is 1. The Labute approximate surface area is 114 Å². The molecule has 2 fully saturated rings. The van der Waals surface area contributed by atoms with Crippen LogP contribution >= 0.6 is 0 Å². The average Bonchev–Trinajstić information content (AvgIpc) is 3.13. The summed E-state index contributed by atoms with van der Waals surface area (Å²) in [5.41, 5.74) is 0. The summed E-state index contributed by atoms with van der Waals surface area (Å²) in [5, 5.41) is 3.19. The Morgan fingerprint density at radius 2 is 2.37 bits per heavy atom. The quantitative estimate of drug-likeness (QED) is 0.884. The molecule has 0 saturated heterocycles. The Bertz CT molecular complexity index is 426. The largest absolute Gasteiger partial charge is 0.469 e. The molecule has 1 heterocycles. The van der Waals surface area contributed by atoms with Gasteiger partial charge in [-0.2, -0.15) is 0 Å². The highest BCUT2D eigenvalue weighted by Crippen LogP contribution is 2.49. The van der Waals surface area contributed by atoms with Crippen LogP contribution in [-0.2, 0) is 11.2 Å². The van der Waals surface area contributed by atoms with Crippen molar-refractivity contribution in [2.24, 2.45) is 17.8 Å². The van der Waals surface area contributed by atoms with Crippen molar-refractivity contribution >= 4 is 5.91 Å². The summed E-state index contributed by atoms with van der Waals surface area (Å²) >= 11 is 0. The van der Waals surface area contributed by atoms with Crippen molar-refractivity contribution < 1.29 is 9.21 Å². The molecule has 2 bridgehead atoms. The first-order valence-electron chi connectivity index (χ1n) is 7.54. The van der Waals surface area contributed by atoms with Crippen molar-refractivity contribution in [3.8, 4) is 0 Å². The van der Waals surface area contributed by atoms with Crippen molar-refractivity contribution in [2.45, 2.75) is 51.5 Å². The molecule has 3 nitrogen and oxygen atoms in total. The fourth-order valence-corrected chi connectivity index (χ4v) is 4.03. The molecule has 3 rings (SSSR count). The molecule has 1 aromatic heterocycles. The van der Waals surface area contributed by atoms with E-state index < -0.39 is 0 Å². The van der Waals surface area contributed by atoms with Crippen molar-refractivity contribution in [3.63, 3.8) is 0 Å². The van der Waals surface area contributed by atoms with E-state index in [9.17, 15) is 4.79 Å². The van der Waals surface area contributed by atoms with Gasteiger partial charge in [-0.3, -0.25) is 4.79 Å². The van der Waals surface area contributed by atoms with Crippen LogP contribution in [0.3, 0.4) is 0 Å². The maximum Gasteiger partial charge on any atom is 0.220 e. The van der Waals surface area contributed by atoms with Gasteiger partial charge in [0.1, 0.15) is 5.76 Å². The smallest absolute Gasteiger partial charge is 0.220 e. The maximum absolute atomic E-state index is 12.0. The van der Waals surface area contributed by atoms with E-state index in [0.717, 1.165) is 17.6 Å². The Hall–Kier alpha value is -1.25. The first-order chi connectivity index (χ1) is 9.22. The molecule has 0 unspecified atom stereocenters. The van der Waals surface area contributed by atoms with Gasteiger partial charge in [0, 0.05) is 18.9 Å². The summed E-state index contributed by atoms with van der Waals surface area (Å²) in [6.07, 6.45) is 8.40. The first-order valence-corrected chi connectivity index (χ1v) is 7.54. The lowest BCUT2D eigenvalue weighted by Crippen LogP contribution is -2.40. The van der Waals surface area contributed by atoms with E-state index in [0.29, 0.717) is 24.8 Å². The normalized spacial score (nSPS) is 30.5. The van der Waals surface area contributed by atoms with Gasteiger partial charge in [0.25, 0.3) is 0 Å². The second-order valence-electron chi connectivity index (χ2n) is 6.27. The number of hydrogen-bond acceptors (Lipinski definition) is 2. The number of fused-ring (bicyclic) bond motifs is 2. The van der Waals surface area contributed by atoms with Gasteiger partial charge in [-0.1, -0.05) is 6.42 Å². The van der Waals surface area contributed by atoms with Crippen LogP contribution in [0, 0.1) is 17.8 Å². The molecule has 4 atom stereocenters. The Balaban J connectivity index is 1.44. The molecule has 0 aliphatic heterocycles. The van der Waals surface area contributed by atoms with E-state index in [2.05, 4.69) is 12.2 Å². The van der Waals surface area contributed by atoms with E-state index in [1.165, 1.54) is 25.7 Å². The van der Waals surface area contributed by atoms with Crippen molar-refractivity contribution in [2.75, 3.05) is 0 Å². The summed E-state index contributed by atoms with van der Waals surface area (Å²) in [6, 6.07) is 4.12. The minimum absolute atomic E-state index is 0.159. The van der Waals surface area contributed by atoms with Crippen molar-refractivity contribution in [1.82, 2.24) is 5.32 Å². The second kappa shape index (κ2) is 5.40. The SMILES string of the molecule is C[C@@H](NC(=O)CCc1ccco1)[C@H]1C[C@H]2CC[C@H]1C2. The van der Waals surface area contributed by atoms with Crippen LogP contribution in [-0.4, -0.2) is 11.9 Å². The van der Waals surface area contributed by atoms with Gasteiger partial charge in [-0.05, 0) is 56.1 Å². The molecule has 1 amide bonds. The lowest BCUT2D eigenvalue weighted by molar-refractivity contribution is -0.122. The number of aryl methyl sites for hydroxylation is 1. The fraction of sp³-hybridized carbons (Fsp3) is 0.688. The number of amides is 1. The Morgan fingerprint density at radius 1 is 1.47 bits per heavy atom. The topological polar surface area (TPSA) is 42.2 Å². The summed E-state index contributed by atoms with van der Waals surface area (Å²) in [5.74, 6) is 3.57. The third-order valence-electron chi connectivity index (χ3n) is 5.00. The van der Waals surface area contributed by atoms with Gasteiger partial charge >= 0.3 is 0 Å². The van der Waals surface area contributed by atoms with Crippen LogP contribution in [0.5, 0.6) is 0 Å². The van der Waals surface area contributed by atoms with Crippen molar-refractivity contribution in [1.29, 1.82) is 0 Å². The molecule has 104 valence electrons. The molecular weight excluding hydrogens is 238 g/mol. The van der Waals surface area contributed by atoms with Gasteiger partial charge in [0.05, 0.1) is 6.26 Å². The average molecular weight is 261 g/mol. The number of rotatable bonds is 5. The highest BCUT2D eigenvalue weighted by atomic mass is 16.3. The summed E-state index contributed by atoms with van der Waals surface area (Å²) < 4.78 is 5.25. The summed E-state index contributed by atoms with van der Waals surface area (Å²) in [4.78, 5) is 12.0. The minimum Gasteiger partial charge on any atom is -0.469 e. The molecular formula is C16H23NO2. The zero-order chi connectivity index (χ0) is 13.2. The number of furan rings is 1. The molecule has 0 spiro atoms.